The van der Waals surface area contributed by atoms with Gasteiger partial charge in [-0.3, -0.25) is 4.72 Å². The maximum absolute atomic E-state index is 12.5. The molecule has 4 N–H and O–H groups in total. The van der Waals surface area contributed by atoms with Crippen molar-refractivity contribution in [1.29, 1.82) is 0 Å². The molecular weight excluding hydrogens is 223 g/mol. The monoisotopic (exact) mass is 234 g/mol. The number of pyridine rings is 1. The van der Waals surface area contributed by atoms with Gasteiger partial charge in [0.2, 0.25) is 0 Å². The predicted molar refractivity (Wildman–Crippen MR) is 53.8 cm³/mol. The Morgan fingerprint density at radius 1 is 1.47 bits per heavy atom. The Kier molecular flexibility index (Phi) is 3.95. The molecule has 0 unspecified atom stereocenters. The van der Waals surface area contributed by atoms with Crippen LogP contribution < -0.4 is 15.2 Å². The van der Waals surface area contributed by atoms with Crippen molar-refractivity contribution in [2.75, 3.05) is 17.8 Å². The van der Waals surface area contributed by atoms with Crippen molar-refractivity contribution in [3.05, 3.63) is 24.1 Å². The first-order valence-corrected chi connectivity index (χ1v) is 5.61. The van der Waals surface area contributed by atoms with Gasteiger partial charge < -0.3 is 5.73 Å². The van der Waals surface area contributed by atoms with Crippen LogP contribution in [0.4, 0.5) is 10.2 Å². The third-order valence-electron chi connectivity index (χ3n) is 1.40. The molecular formula is C7H11FN4O2S. The molecule has 0 amide bonds. The van der Waals surface area contributed by atoms with Crippen LogP contribution in [0.15, 0.2) is 18.3 Å². The maximum Gasteiger partial charge on any atom is 0.300 e. The lowest BCUT2D eigenvalue weighted by Gasteiger charge is -2.07. The number of anilines is 1. The van der Waals surface area contributed by atoms with Crippen LogP contribution in [0, 0.1) is 5.82 Å². The molecule has 1 aromatic heterocycles. The predicted octanol–water partition coefficient (Wildman–Crippen LogP) is -0.574. The Labute approximate surface area is 86.9 Å². The van der Waals surface area contributed by atoms with Gasteiger partial charge in [0.05, 0.1) is 6.20 Å². The van der Waals surface area contributed by atoms with Crippen molar-refractivity contribution in [1.82, 2.24) is 9.71 Å². The lowest BCUT2D eigenvalue weighted by Crippen LogP contribution is -2.34. The molecule has 0 spiro atoms. The largest absolute Gasteiger partial charge is 0.329 e. The number of aromatic nitrogens is 1. The van der Waals surface area contributed by atoms with E-state index in [0.29, 0.717) is 0 Å². The van der Waals surface area contributed by atoms with Gasteiger partial charge in [-0.1, -0.05) is 0 Å². The van der Waals surface area contributed by atoms with Crippen molar-refractivity contribution in [2.45, 2.75) is 0 Å². The lowest BCUT2D eigenvalue weighted by molar-refractivity contribution is 0.587. The fourth-order valence-corrected chi connectivity index (χ4v) is 1.66. The summed E-state index contributed by atoms with van der Waals surface area (Å²) >= 11 is 0. The standard InChI is InChI=1S/C7H11FN4O2S/c8-6-1-2-7(10-5-6)12-15(13,14)11-4-3-9/h1-2,5,11H,3-4,9H2,(H,10,12). The summed E-state index contributed by atoms with van der Waals surface area (Å²) in [6.45, 7) is 0.314. The first-order valence-electron chi connectivity index (χ1n) is 4.12. The van der Waals surface area contributed by atoms with Gasteiger partial charge >= 0.3 is 0 Å². The van der Waals surface area contributed by atoms with Crippen molar-refractivity contribution in [2.24, 2.45) is 5.73 Å². The summed E-state index contributed by atoms with van der Waals surface area (Å²) in [7, 11) is -3.67. The van der Waals surface area contributed by atoms with Crippen molar-refractivity contribution < 1.29 is 12.8 Å². The maximum atomic E-state index is 12.5. The Bertz CT molecular complexity index is 406. The van der Waals surface area contributed by atoms with Crippen molar-refractivity contribution >= 4 is 16.0 Å². The third-order valence-corrected chi connectivity index (χ3v) is 2.46. The number of halogens is 1. The minimum absolute atomic E-state index is 0.0425. The van der Waals surface area contributed by atoms with Crippen LogP contribution in [-0.4, -0.2) is 26.5 Å². The molecule has 8 heteroatoms. The fourth-order valence-electron chi connectivity index (χ4n) is 0.803. The highest BCUT2D eigenvalue weighted by Crippen LogP contribution is 2.04. The number of rotatable bonds is 5. The second-order valence-electron chi connectivity index (χ2n) is 2.65. The van der Waals surface area contributed by atoms with Crippen LogP contribution in [0.2, 0.25) is 0 Å². The summed E-state index contributed by atoms with van der Waals surface area (Å²) < 4.78 is 39.2. The molecule has 0 aliphatic rings. The zero-order chi connectivity index (χ0) is 11.3. The van der Waals surface area contributed by atoms with Crippen LogP contribution in [-0.2, 0) is 10.2 Å². The number of hydrogen-bond donors (Lipinski definition) is 3. The quantitative estimate of drug-likeness (QED) is 0.635. The first kappa shape index (κ1) is 11.8. The van der Waals surface area contributed by atoms with Gasteiger partial charge in [0.1, 0.15) is 11.6 Å². The van der Waals surface area contributed by atoms with E-state index in [1.165, 1.54) is 6.07 Å². The van der Waals surface area contributed by atoms with Crippen molar-refractivity contribution in [3.8, 4) is 0 Å². The van der Waals surface area contributed by atoms with E-state index in [2.05, 4.69) is 14.4 Å². The van der Waals surface area contributed by atoms with E-state index in [1.54, 1.807) is 0 Å². The molecule has 0 bridgehead atoms. The summed E-state index contributed by atoms with van der Waals surface area (Å²) in [5, 5.41) is 0. The van der Waals surface area contributed by atoms with Crippen molar-refractivity contribution in [3.63, 3.8) is 0 Å². The molecule has 0 saturated carbocycles. The molecule has 0 saturated heterocycles. The van der Waals surface area contributed by atoms with Crippen LogP contribution in [0.5, 0.6) is 0 Å². The molecule has 1 aromatic rings. The van der Waals surface area contributed by atoms with E-state index in [-0.39, 0.29) is 18.9 Å². The first-order chi connectivity index (χ1) is 7.03. The van der Waals surface area contributed by atoms with Crippen LogP contribution in [0.25, 0.3) is 0 Å². The van der Waals surface area contributed by atoms with Gasteiger partial charge in [-0.2, -0.15) is 13.1 Å². The summed E-state index contributed by atoms with van der Waals surface area (Å²) in [4.78, 5) is 3.54. The van der Waals surface area contributed by atoms with Crippen LogP contribution in [0.3, 0.4) is 0 Å². The molecule has 84 valence electrons. The highest BCUT2D eigenvalue weighted by molar-refractivity contribution is 7.90. The van der Waals surface area contributed by atoms with E-state index in [9.17, 15) is 12.8 Å². The van der Waals surface area contributed by atoms with E-state index >= 15 is 0 Å². The molecule has 0 fully saturated rings. The molecule has 15 heavy (non-hydrogen) atoms. The summed E-state index contributed by atoms with van der Waals surface area (Å²) in [6.07, 6.45) is 0.917. The minimum atomic E-state index is -3.67. The topological polar surface area (TPSA) is 97.1 Å². The van der Waals surface area contributed by atoms with Gasteiger partial charge in [-0.25, -0.2) is 9.37 Å². The van der Waals surface area contributed by atoms with E-state index < -0.39 is 16.0 Å². The Morgan fingerprint density at radius 2 is 2.20 bits per heavy atom. The highest BCUT2D eigenvalue weighted by Gasteiger charge is 2.08. The Balaban J connectivity index is 2.65. The zero-order valence-electron chi connectivity index (χ0n) is 7.77. The zero-order valence-corrected chi connectivity index (χ0v) is 8.59. The normalized spacial score (nSPS) is 11.3. The Hall–Kier alpha value is -1.25. The highest BCUT2D eigenvalue weighted by atomic mass is 32.2. The molecule has 0 aliphatic heterocycles. The summed E-state index contributed by atoms with van der Waals surface area (Å²) in [6, 6.07) is 2.32. The summed E-state index contributed by atoms with van der Waals surface area (Å²) in [5.74, 6) is -0.492. The third kappa shape index (κ3) is 4.19. The second-order valence-corrected chi connectivity index (χ2v) is 4.15. The molecule has 0 aliphatic carbocycles. The number of nitrogens with zero attached hydrogens (tertiary/aromatic N) is 1. The van der Waals surface area contributed by atoms with Gasteiger partial charge in [0.25, 0.3) is 10.2 Å². The summed E-state index contributed by atoms with van der Waals surface area (Å²) in [5.41, 5.74) is 5.13. The van der Waals surface area contributed by atoms with Crippen LogP contribution in [0.1, 0.15) is 0 Å². The van der Waals surface area contributed by atoms with E-state index in [4.69, 9.17) is 5.73 Å². The number of nitrogens with two attached hydrogens (primary N) is 1. The number of nitrogens with one attached hydrogen (secondary N) is 2. The van der Waals surface area contributed by atoms with Gasteiger partial charge in [0, 0.05) is 13.1 Å². The van der Waals surface area contributed by atoms with Gasteiger partial charge in [-0.15, -0.1) is 0 Å². The smallest absolute Gasteiger partial charge is 0.300 e. The Morgan fingerprint density at radius 3 is 2.73 bits per heavy atom. The SMILES string of the molecule is NCCNS(=O)(=O)Nc1ccc(F)cn1. The average molecular weight is 234 g/mol. The molecule has 0 atom stereocenters. The van der Waals surface area contributed by atoms with Gasteiger partial charge in [-0.05, 0) is 12.1 Å². The average Bonchev–Trinajstić information content (AvgIpc) is 2.18. The van der Waals surface area contributed by atoms with Crippen LogP contribution >= 0.6 is 0 Å². The lowest BCUT2D eigenvalue weighted by atomic mass is 10.5. The second kappa shape index (κ2) is 5.01. The molecule has 0 aromatic carbocycles. The van der Waals surface area contributed by atoms with E-state index in [0.717, 1.165) is 12.3 Å². The van der Waals surface area contributed by atoms with Gasteiger partial charge in [0.15, 0.2) is 0 Å². The fraction of sp³-hybridized carbons (Fsp3) is 0.286. The molecule has 1 rings (SSSR count). The molecule has 1 heterocycles. The molecule has 6 nitrogen and oxygen atoms in total. The molecule has 0 radical (unpaired) electrons. The number of hydrogen-bond acceptors (Lipinski definition) is 4. The van der Waals surface area contributed by atoms with E-state index in [1.807, 2.05) is 0 Å². The minimum Gasteiger partial charge on any atom is -0.329 e.